The summed E-state index contributed by atoms with van der Waals surface area (Å²) in [5, 5.41) is 141. The van der Waals surface area contributed by atoms with Crippen molar-refractivity contribution in [3.63, 3.8) is 0 Å². The van der Waals surface area contributed by atoms with E-state index in [4.69, 9.17) is 71.1 Å². The van der Waals surface area contributed by atoms with Crippen LogP contribution in [-0.2, 0) is 119 Å². The zero-order valence-electron chi connectivity index (χ0n) is 52.2. The fourth-order valence-corrected chi connectivity index (χ4v) is 12.7. The highest BCUT2D eigenvalue weighted by atomic mass is 32.3. The van der Waals surface area contributed by atoms with Crippen LogP contribution in [0.25, 0.3) is 0 Å². The van der Waals surface area contributed by atoms with Gasteiger partial charge in [0.1, 0.15) is 122 Å². The highest BCUT2D eigenvalue weighted by molar-refractivity contribution is 7.81. The van der Waals surface area contributed by atoms with E-state index in [2.05, 4.69) is 29.6 Å². The molecular formula is C52H86N4O39S2. The Morgan fingerprint density at radius 1 is 0.381 bits per heavy atom. The maximum Gasteiger partial charge on any atom is 0.397 e. The van der Waals surface area contributed by atoms with Gasteiger partial charge in [0, 0.05) is 53.4 Å². The second-order valence-electron chi connectivity index (χ2n) is 24.1. The maximum absolute atomic E-state index is 12.7. The molecule has 8 rings (SSSR count). The third-order valence-electron chi connectivity index (χ3n) is 16.7. The van der Waals surface area contributed by atoms with E-state index in [1.165, 1.54) is 0 Å². The van der Waals surface area contributed by atoms with Crippen molar-refractivity contribution in [2.75, 3.05) is 52.9 Å². The number of ether oxygens (including phenoxy) is 15. The Balaban J connectivity index is 0.899. The van der Waals surface area contributed by atoms with Gasteiger partial charge >= 0.3 is 20.8 Å². The van der Waals surface area contributed by atoms with E-state index >= 15 is 0 Å². The molecule has 0 aliphatic carbocycles. The molecule has 8 saturated heterocycles. The molecule has 560 valence electrons. The van der Waals surface area contributed by atoms with Gasteiger partial charge in [-0.05, 0) is 0 Å². The van der Waals surface area contributed by atoms with Gasteiger partial charge in [-0.3, -0.25) is 28.3 Å². The van der Waals surface area contributed by atoms with E-state index in [1.807, 2.05) is 0 Å². The molecule has 8 aliphatic rings. The molecule has 0 aromatic carbocycles. The molecule has 45 heteroatoms. The molecule has 0 bridgehead atoms. The van der Waals surface area contributed by atoms with Crippen molar-refractivity contribution in [1.82, 2.24) is 21.3 Å². The van der Waals surface area contributed by atoms with Crippen LogP contribution in [0.2, 0.25) is 0 Å². The molecule has 97 heavy (non-hydrogen) atoms. The standard InChI is InChI=1S/C52H86N4O39S2/c1-17(59)53-37-41(68)45(26(9-57)85-49(37)72)93-34-6-22(64)29(13-80-34)88-51-39(55-19(3)61)43(70)48(32(90-51)16-84-97(76,77)78)95-36-8-24(66)30(14-82-36)89-52-40(56-20(4)62)44(71)47(31(91-52)15-83-96(73,74)75)94-35-7-23(65)28(12-81-35)87-50-38(54-18(2)60)42(69)46(27(10-58)86-50)92-33-5-21(63)25(67)11-79-33/h21-52,57-58,63-72H,5-16H2,1-4H3,(H,53,59)(H,54,60)(H,55,61)(H,56,62)(H,73,74,75)(H,76,77,78)/t21-,22-,23-,24-,25+,26?,27?,28-,29-,30-,31?,32?,33-,34-,35-,36-,37?,38?,39?,40?,41+,42+,43+,44+,45+,46+,47+,48+,49-,50-,51+,52+/m0/s1. The normalized spacial score (nSPS) is 44.0. The third-order valence-corrected chi connectivity index (χ3v) is 17.6. The van der Waals surface area contributed by atoms with Gasteiger partial charge in [-0.2, -0.15) is 16.8 Å². The third kappa shape index (κ3) is 21.3. The Hall–Kier alpha value is -3.46. The molecule has 8 aliphatic heterocycles. The average molecular weight is 1460 g/mol. The van der Waals surface area contributed by atoms with Crippen LogP contribution in [0.3, 0.4) is 0 Å². The van der Waals surface area contributed by atoms with Crippen molar-refractivity contribution >= 4 is 44.4 Å². The Morgan fingerprint density at radius 3 is 0.959 bits per heavy atom. The van der Waals surface area contributed by atoms with Crippen molar-refractivity contribution in [3.05, 3.63) is 0 Å². The first-order valence-electron chi connectivity index (χ1n) is 30.6. The summed E-state index contributed by atoms with van der Waals surface area (Å²) in [6.45, 7) is -1.66. The van der Waals surface area contributed by atoms with E-state index in [0.29, 0.717) is 0 Å². The Bertz CT molecular complexity index is 2810. The van der Waals surface area contributed by atoms with E-state index < -0.39 is 307 Å². The van der Waals surface area contributed by atoms with Gasteiger partial charge in [-0.15, -0.1) is 0 Å². The van der Waals surface area contributed by atoms with Gasteiger partial charge in [-0.25, -0.2) is 8.37 Å². The summed E-state index contributed by atoms with van der Waals surface area (Å²) in [7, 11) is -10.5. The number of hydrogen-bond acceptors (Lipinski definition) is 37. The summed E-state index contributed by atoms with van der Waals surface area (Å²) in [6, 6.07) is -6.19. The van der Waals surface area contributed by atoms with Crippen molar-refractivity contribution in [3.8, 4) is 0 Å². The summed E-state index contributed by atoms with van der Waals surface area (Å²) in [5.74, 6) is -2.95. The molecule has 0 radical (unpaired) electrons. The van der Waals surface area contributed by atoms with Crippen LogP contribution in [-0.4, -0.2) is 360 Å². The van der Waals surface area contributed by atoms with Gasteiger partial charge in [0.05, 0.1) is 77.3 Å². The Kier molecular flexibility index (Phi) is 28.3. The zero-order chi connectivity index (χ0) is 71.1. The van der Waals surface area contributed by atoms with Crippen molar-refractivity contribution in [2.24, 2.45) is 0 Å². The Morgan fingerprint density at radius 2 is 0.660 bits per heavy atom. The van der Waals surface area contributed by atoms with Crippen LogP contribution in [0.5, 0.6) is 0 Å². The molecule has 43 nitrogen and oxygen atoms in total. The number of aliphatic hydroxyl groups excluding tert-OH is 12. The van der Waals surface area contributed by atoms with Crippen LogP contribution < -0.4 is 21.3 Å². The lowest BCUT2D eigenvalue weighted by molar-refractivity contribution is -0.352. The largest absolute Gasteiger partial charge is 0.397 e. The van der Waals surface area contributed by atoms with Crippen LogP contribution in [0, 0.1) is 0 Å². The minimum Gasteiger partial charge on any atom is -0.394 e. The highest BCUT2D eigenvalue weighted by Gasteiger charge is 2.56. The average Bonchev–Trinajstić information content (AvgIpc) is 0.818. The fourth-order valence-electron chi connectivity index (χ4n) is 12.1. The molecule has 4 amide bonds. The van der Waals surface area contributed by atoms with E-state index in [-0.39, 0.29) is 13.0 Å². The van der Waals surface area contributed by atoms with Gasteiger partial charge < -0.3 is 154 Å². The molecule has 32 atom stereocenters. The maximum atomic E-state index is 12.7. The van der Waals surface area contributed by atoms with Crippen molar-refractivity contribution < 1.29 is 186 Å². The molecular weight excluding hydrogens is 1370 g/mol. The molecule has 0 saturated carbocycles. The summed E-state index contributed by atoms with van der Waals surface area (Å²) in [4.78, 5) is 49.5. The predicted octanol–water partition coefficient (Wildman–Crippen LogP) is -11.5. The summed E-state index contributed by atoms with van der Waals surface area (Å²) in [6.07, 6.45) is -46.2. The van der Waals surface area contributed by atoms with Gasteiger partial charge in [0.2, 0.25) is 23.6 Å². The first kappa shape index (κ1) is 79.2. The smallest absolute Gasteiger partial charge is 0.394 e. The monoisotopic (exact) mass is 1450 g/mol. The van der Waals surface area contributed by atoms with E-state index in [0.717, 1.165) is 27.7 Å². The number of carbonyl (C=O) groups excluding carboxylic acids is 4. The molecule has 8 unspecified atom stereocenters. The second kappa shape index (κ2) is 34.7. The lowest BCUT2D eigenvalue weighted by atomic mass is 9.95. The SMILES string of the molecule is CC(=O)NC1[C@H](O[C@H]2CO[C@@H](O[C@@H]3C(COS(=O)(=O)O)O[C@@H](O[C@H]4CO[C@@H](O[C@@H]5C(COS(=O)(=O)O)O[C@@H](O[C@H]6CO[C@@H](O[C@@H]7C(CO)O[C@H](O)C(NC(C)=O)[C@H]7O)C[C@@H]6O)C(NC(C)=O)[C@H]5O)C[C@@H]4O)C(NC(C)=O)[C@H]3O)C[C@@H]2O)OC(CO)[C@@H](O[C@H]2C[C@H](O)[C@H](O)CO2)[C@@H]1O. The second-order valence-corrected chi connectivity index (χ2v) is 26.3. The minimum atomic E-state index is -5.27. The lowest BCUT2D eigenvalue weighted by Crippen LogP contribution is -2.68. The van der Waals surface area contributed by atoms with E-state index in [1.54, 1.807) is 0 Å². The first-order chi connectivity index (χ1) is 45.6. The van der Waals surface area contributed by atoms with Crippen molar-refractivity contribution in [2.45, 2.75) is 250 Å². The number of nitrogens with one attached hydrogen (secondary N) is 4. The van der Waals surface area contributed by atoms with Crippen LogP contribution >= 0.6 is 0 Å². The minimum absolute atomic E-state index is 0.231. The summed E-state index contributed by atoms with van der Waals surface area (Å²) >= 11 is 0. The molecule has 0 aromatic heterocycles. The van der Waals surface area contributed by atoms with Crippen LogP contribution in [0.1, 0.15) is 53.4 Å². The zero-order valence-corrected chi connectivity index (χ0v) is 53.9. The lowest BCUT2D eigenvalue weighted by Gasteiger charge is -2.48. The number of amides is 4. The summed E-state index contributed by atoms with van der Waals surface area (Å²) < 4.78 is 164. The predicted molar refractivity (Wildman–Crippen MR) is 302 cm³/mol. The van der Waals surface area contributed by atoms with Crippen molar-refractivity contribution in [1.29, 1.82) is 0 Å². The first-order valence-corrected chi connectivity index (χ1v) is 33.3. The molecule has 8 fully saturated rings. The van der Waals surface area contributed by atoms with Gasteiger partial charge in [-0.1, -0.05) is 0 Å². The van der Waals surface area contributed by atoms with Crippen LogP contribution in [0.15, 0.2) is 0 Å². The number of aliphatic hydroxyl groups is 12. The molecule has 8 heterocycles. The number of hydrogen-bond donors (Lipinski definition) is 18. The van der Waals surface area contributed by atoms with E-state index in [9.17, 15) is 106 Å². The molecule has 0 spiro atoms. The van der Waals surface area contributed by atoms with Gasteiger partial charge in [0.25, 0.3) is 0 Å². The summed E-state index contributed by atoms with van der Waals surface area (Å²) in [5.41, 5.74) is 0. The number of rotatable bonds is 26. The topological polar surface area (TPSA) is 625 Å². The molecule has 18 N–H and O–H groups in total. The number of carbonyl (C=O) groups is 4. The Labute approximate surface area is 552 Å². The highest BCUT2D eigenvalue weighted by Crippen LogP contribution is 2.37. The van der Waals surface area contributed by atoms with Gasteiger partial charge in [0.15, 0.2) is 50.3 Å². The quantitative estimate of drug-likeness (QED) is 0.0358. The fraction of sp³-hybridized carbons (Fsp3) is 0.923. The van der Waals surface area contributed by atoms with Crippen LogP contribution in [0.4, 0.5) is 0 Å². The molecule has 0 aromatic rings.